The summed E-state index contributed by atoms with van der Waals surface area (Å²) < 4.78 is 12.2. The topological polar surface area (TPSA) is 65.4 Å². The average Bonchev–Trinajstić information content (AvgIpc) is 2.65. The highest BCUT2D eigenvalue weighted by Gasteiger charge is 2.14. The van der Waals surface area contributed by atoms with Gasteiger partial charge in [-0.1, -0.05) is 0 Å². The van der Waals surface area contributed by atoms with E-state index in [-0.39, 0.29) is 5.91 Å². The molecule has 1 aromatic heterocycles. The number of nitrogens with zero attached hydrogens (tertiary/aromatic N) is 2. The molecular weight excluding hydrogens is 234 g/mol. The number of rotatable bonds is 7. The Kier molecular flexibility index (Phi) is 5.80. The van der Waals surface area contributed by atoms with Crippen LogP contribution in [-0.2, 0) is 16.5 Å². The predicted molar refractivity (Wildman–Crippen MR) is 67.3 cm³/mol. The summed E-state index contributed by atoms with van der Waals surface area (Å²) in [5, 5.41) is 6.90. The van der Waals surface area contributed by atoms with Crippen LogP contribution in [0.1, 0.15) is 30.0 Å². The number of hydrogen-bond acceptors (Lipinski definition) is 4. The lowest BCUT2D eigenvalue weighted by molar-refractivity contribution is -0.131. The Morgan fingerprint density at radius 1 is 1.44 bits per heavy atom. The Bertz CT molecular complexity index is 384. The molecule has 0 aliphatic heterocycles. The maximum Gasteiger partial charge on any atom is 0.269 e. The summed E-state index contributed by atoms with van der Waals surface area (Å²) in [7, 11) is 1.74. The average molecular weight is 255 g/mol. The second-order valence-electron chi connectivity index (χ2n) is 3.84. The van der Waals surface area contributed by atoms with Gasteiger partial charge in [-0.25, -0.2) is 0 Å². The minimum atomic E-state index is -0.404. The van der Waals surface area contributed by atoms with Crippen LogP contribution in [0.2, 0.25) is 0 Å². The van der Waals surface area contributed by atoms with Gasteiger partial charge >= 0.3 is 0 Å². The highest BCUT2D eigenvalue weighted by molar-refractivity contribution is 5.92. The Hall–Kier alpha value is -1.40. The molecule has 0 aliphatic rings. The molecule has 6 heteroatoms. The number of aryl methyl sites for hydroxylation is 2. The number of amides is 1. The molecule has 0 aromatic carbocycles. The highest BCUT2D eigenvalue weighted by Crippen LogP contribution is 2.02. The Labute approximate surface area is 107 Å². The summed E-state index contributed by atoms with van der Waals surface area (Å²) in [5.74, 6) is -0.178. The molecule has 1 rings (SSSR count). The van der Waals surface area contributed by atoms with E-state index in [1.54, 1.807) is 17.8 Å². The van der Waals surface area contributed by atoms with E-state index in [1.165, 1.54) is 0 Å². The monoisotopic (exact) mass is 255 g/mol. The zero-order valence-electron chi connectivity index (χ0n) is 11.4. The molecule has 102 valence electrons. The van der Waals surface area contributed by atoms with Gasteiger partial charge in [0.15, 0.2) is 6.29 Å². The van der Waals surface area contributed by atoms with E-state index in [0.29, 0.717) is 25.5 Å². The Morgan fingerprint density at radius 2 is 2.06 bits per heavy atom. The van der Waals surface area contributed by atoms with Crippen molar-refractivity contribution in [2.75, 3.05) is 19.8 Å². The molecule has 6 nitrogen and oxygen atoms in total. The molecule has 0 unspecified atom stereocenters. The van der Waals surface area contributed by atoms with Crippen molar-refractivity contribution in [2.24, 2.45) is 7.05 Å². The lowest BCUT2D eigenvalue weighted by Gasteiger charge is -2.17. The van der Waals surface area contributed by atoms with Gasteiger partial charge in [-0.2, -0.15) is 5.10 Å². The SMILES string of the molecule is CCOC(CNC(=O)c1cc(C)nn1C)OCC. The van der Waals surface area contributed by atoms with E-state index >= 15 is 0 Å². The largest absolute Gasteiger partial charge is 0.351 e. The van der Waals surface area contributed by atoms with Crippen molar-refractivity contribution >= 4 is 5.91 Å². The van der Waals surface area contributed by atoms with Crippen molar-refractivity contribution in [3.63, 3.8) is 0 Å². The third-order valence-electron chi connectivity index (χ3n) is 2.37. The van der Waals surface area contributed by atoms with Crippen molar-refractivity contribution < 1.29 is 14.3 Å². The molecule has 18 heavy (non-hydrogen) atoms. The zero-order valence-corrected chi connectivity index (χ0v) is 11.4. The summed E-state index contributed by atoms with van der Waals surface area (Å²) in [5.41, 5.74) is 1.34. The first-order valence-electron chi connectivity index (χ1n) is 6.10. The molecule has 0 saturated heterocycles. The van der Waals surface area contributed by atoms with Gasteiger partial charge < -0.3 is 14.8 Å². The van der Waals surface area contributed by atoms with Gasteiger partial charge in [-0.15, -0.1) is 0 Å². The lowest BCUT2D eigenvalue weighted by atomic mass is 10.3. The van der Waals surface area contributed by atoms with Crippen molar-refractivity contribution in [2.45, 2.75) is 27.1 Å². The quantitative estimate of drug-likeness (QED) is 0.734. The van der Waals surface area contributed by atoms with E-state index in [2.05, 4.69) is 10.4 Å². The van der Waals surface area contributed by atoms with E-state index in [9.17, 15) is 4.79 Å². The van der Waals surface area contributed by atoms with Crippen LogP contribution in [-0.4, -0.2) is 41.7 Å². The van der Waals surface area contributed by atoms with E-state index in [1.807, 2.05) is 20.8 Å². The summed E-state index contributed by atoms with van der Waals surface area (Å²) in [6.07, 6.45) is -0.404. The summed E-state index contributed by atoms with van der Waals surface area (Å²) in [6.45, 7) is 7.04. The molecule has 0 fully saturated rings. The van der Waals surface area contributed by atoms with Crippen LogP contribution < -0.4 is 5.32 Å². The maximum atomic E-state index is 11.9. The van der Waals surface area contributed by atoms with Crippen molar-refractivity contribution in [3.8, 4) is 0 Å². The first-order chi connectivity index (χ1) is 8.58. The number of carbonyl (C=O) groups excluding carboxylic acids is 1. The van der Waals surface area contributed by atoms with Gasteiger partial charge in [0.05, 0.1) is 12.2 Å². The van der Waals surface area contributed by atoms with Crippen LogP contribution in [0, 0.1) is 6.92 Å². The number of ether oxygens (including phenoxy) is 2. The molecule has 0 atom stereocenters. The number of aromatic nitrogens is 2. The second-order valence-corrected chi connectivity index (χ2v) is 3.84. The van der Waals surface area contributed by atoms with Crippen molar-refractivity contribution in [1.82, 2.24) is 15.1 Å². The van der Waals surface area contributed by atoms with Crippen LogP contribution in [0.4, 0.5) is 0 Å². The van der Waals surface area contributed by atoms with Gasteiger partial charge in [0.2, 0.25) is 0 Å². The van der Waals surface area contributed by atoms with Crippen LogP contribution >= 0.6 is 0 Å². The first kappa shape index (κ1) is 14.7. The molecule has 0 radical (unpaired) electrons. The van der Waals surface area contributed by atoms with E-state index in [4.69, 9.17) is 9.47 Å². The third-order valence-corrected chi connectivity index (χ3v) is 2.37. The highest BCUT2D eigenvalue weighted by atomic mass is 16.7. The summed E-state index contributed by atoms with van der Waals surface area (Å²) >= 11 is 0. The fraction of sp³-hybridized carbons (Fsp3) is 0.667. The normalized spacial score (nSPS) is 10.9. The molecule has 1 heterocycles. The van der Waals surface area contributed by atoms with Crippen molar-refractivity contribution in [3.05, 3.63) is 17.5 Å². The van der Waals surface area contributed by atoms with Gasteiger partial charge in [0.25, 0.3) is 5.91 Å². The smallest absolute Gasteiger partial charge is 0.269 e. The van der Waals surface area contributed by atoms with Crippen LogP contribution in [0.15, 0.2) is 6.07 Å². The summed E-state index contributed by atoms with van der Waals surface area (Å²) in [6, 6.07) is 1.74. The molecule has 0 saturated carbocycles. The minimum Gasteiger partial charge on any atom is -0.351 e. The first-order valence-corrected chi connectivity index (χ1v) is 6.10. The standard InChI is InChI=1S/C12H21N3O3/c1-5-17-11(18-6-2)8-13-12(16)10-7-9(3)14-15(10)4/h7,11H,5-6,8H2,1-4H3,(H,13,16). The fourth-order valence-electron chi connectivity index (χ4n) is 1.63. The number of carbonyl (C=O) groups is 1. The predicted octanol–water partition coefficient (Wildman–Crippen LogP) is 0.857. The van der Waals surface area contributed by atoms with Gasteiger partial charge in [0, 0.05) is 20.3 Å². The van der Waals surface area contributed by atoms with Crippen molar-refractivity contribution in [1.29, 1.82) is 0 Å². The second kappa shape index (κ2) is 7.13. The molecule has 0 bridgehead atoms. The fourth-order valence-corrected chi connectivity index (χ4v) is 1.63. The van der Waals surface area contributed by atoms with Gasteiger partial charge in [-0.05, 0) is 26.8 Å². The van der Waals surface area contributed by atoms with Gasteiger partial charge in [0.1, 0.15) is 5.69 Å². The molecule has 0 spiro atoms. The Morgan fingerprint density at radius 3 is 2.50 bits per heavy atom. The number of hydrogen-bond donors (Lipinski definition) is 1. The molecular formula is C12H21N3O3. The Balaban J connectivity index is 2.51. The third kappa shape index (κ3) is 4.12. The van der Waals surface area contributed by atoms with Crippen LogP contribution in [0.25, 0.3) is 0 Å². The molecule has 1 N–H and O–H groups in total. The van der Waals surface area contributed by atoms with Gasteiger partial charge in [-0.3, -0.25) is 9.48 Å². The molecule has 0 aliphatic carbocycles. The minimum absolute atomic E-state index is 0.178. The number of nitrogens with one attached hydrogen (secondary N) is 1. The van der Waals surface area contributed by atoms with Crippen LogP contribution in [0.5, 0.6) is 0 Å². The van der Waals surface area contributed by atoms with E-state index in [0.717, 1.165) is 5.69 Å². The van der Waals surface area contributed by atoms with E-state index < -0.39 is 6.29 Å². The van der Waals surface area contributed by atoms with Crippen LogP contribution in [0.3, 0.4) is 0 Å². The molecule has 1 aromatic rings. The lowest BCUT2D eigenvalue weighted by Crippen LogP contribution is -2.36. The summed E-state index contributed by atoms with van der Waals surface area (Å²) in [4.78, 5) is 11.9. The maximum absolute atomic E-state index is 11.9. The molecule has 1 amide bonds. The zero-order chi connectivity index (χ0) is 13.5.